The molecule has 0 amide bonds. The molecule has 1 heterocycles. The fourth-order valence-electron chi connectivity index (χ4n) is 3.14. The smallest absolute Gasteiger partial charge is 0.316 e. The zero-order valence-corrected chi connectivity index (χ0v) is 16.7. The van der Waals surface area contributed by atoms with Crippen LogP contribution in [0.3, 0.4) is 0 Å². The molecule has 3 aromatic carbocycles. The molecule has 0 aliphatic heterocycles. The van der Waals surface area contributed by atoms with E-state index >= 15 is 0 Å². The molecule has 0 fully saturated rings. The van der Waals surface area contributed by atoms with Gasteiger partial charge in [-0.3, -0.25) is 4.79 Å². The van der Waals surface area contributed by atoms with Crippen LogP contribution in [0.5, 0.6) is 0 Å². The average Bonchev–Trinajstić information content (AvgIpc) is 3.20. The Balaban J connectivity index is 1.51. The molecule has 0 saturated heterocycles. The van der Waals surface area contributed by atoms with Gasteiger partial charge in [0.15, 0.2) is 0 Å². The summed E-state index contributed by atoms with van der Waals surface area (Å²) in [6.45, 7) is 0.240. The molecule has 4 heteroatoms. The number of esters is 1. The maximum Gasteiger partial charge on any atom is 0.316 e. The molecule has 3 nitrogen and oxygen atoms in total. The van der Waals surface area contributed by atoms with Crippen LogP contribution in [-0.2, 0) is 16.0 Å². The number of carbonyl (C=O) groups is 1. The number of nitrogens with zero attached hydrogens (tertiary/aromatic N) is 1. The van der Waals surface area contributed by atoms with E-state index in [1.165, 1.54) is 0 Å². The number of thiazole rings is 1. The standard InChI is InChI=1S/C25H21NO2S/c27-25(28-17-9-14-19-10-3-1-4-11-19)21(18-20-12-5-2-6-13-20)24-26-22-15-7-8-16-23(22)29-24/h1-16,21H,17-18H2/b14-9+. The van der Waals surface area contributed by atoms with Crippen molar-refractivity contribution >= 4 is 33.6 Å². The van der Waals surface area contributed by atoms with Crippen molar-refractivity contribution in [2.24, 2.45) is 0 Å². The van der Waals surface area contributed by atoms with Crippen molar-refractivity contribution in [3.63, 3.8) is 0 Å². The monoisotopic (exact) mass is 399 g/mol. The Morgan fingerprint density at radius 3 is 2.38 bits per heavy atom. The Morgan fingerprint density at radius 1 is 0.931 bits per heavy atom. The summed E-state index contributed by atoms with van der Waals surface area (Å²) >= 11 is 1.56. The molecular formula is C25H21NO2S. The number of hydrogen-bond acceptors (Lipinski definition) is 4. The summed E-state index contributed by atoms with van der Waals surface area (Å²) < 4.78 is 6.67. The van der Waals surface area contributed by atoms with Gasteiger partial charge < -0.3 is 4.74 Å². The molecule has 1 unspecified atom stereocenters. The number of para-hydroxylation sites is 1. The average molecular weight is 400 g/mol. The minimum Gasteiger partial charge on any atom is -0.461 e. The van der Waals surface area contributed by atoms with Crippen LogP contribution in [-0.4, -0.2) is 17.6 Å². The number of aromatic nitrogens is 1. The lowest BCUT2D eigenvalue weighted by Crippen LogP contribution is -2.18. The van der Waals surface area contributed by atoms with Crippen molar-refractivity contribution in [2.45, 2.75) is 12.3 Å². The third-order valence-electron chi connectivity index (χ3n) is 4.61. The molecule has 0 bridgehead atoms. The summed E-state index contributed by atoms with van der Waals surface area (Å²) in [4.78, 5) is 17.7. The molecule has 29 heavy (non-hydrogen) atoms. The summed E-state index contributed by atoms with van der Waals surface area (Å²) in [5, 5.41) is 0.798. The highest BCUT2D eigenvalue weighted by molar-refractivity contribution is 7.18. The molecular weight excluding hydrogens is 378 g/mol. The van der Waals surface area contributed by atoms with Crippen molar-refractivity contribution in [1.29, 1.82) is 0 Å². The summed E-state index contributed by atoms with van der Waals surface area (Å²) in [5.74, 6) is -0.662. The Bertz CT molecular complexity index is 1070. The van der Waals surface area contributed by atoms with Crippen LogP contribution < -0.4 is 0 Å². The van der Waals surface area contributed by atoms with Crippen LogP contribution in [0.1, 0.15) is 22.1 Å². The summed E-state index contributed by atoms with van der Waals surface area (Å²) in [5.41, 5.74) is 3.09. The molecule has 0 saturated carbocycles. The van der Waals surface area contributed by atoms with Crippen LogP contribution in [0.25, 0.3) is 16.3 Å². The Morgan fingerprint density at radius 2 is 1.62 bits per heavy atom. The first-order chi connectivity index (χ1) is 14.3. The second-order valence-corrected chi connectivity index (χ2v) is 7.77. The van der Waals surface area contributed by atoms with E-state index in [0.717, 1.165) is 26.4 Å². The van der Waals surface area contributed by atoms with Crippen LogP contribution in [0.2, 0.25) is 0 Å². The van der Waals surface area contributed by atoms with Crippen molar-refractivity contribution in [3.05, 3.63) is 107 Å². The van der Waals surface area contributed by atoms with Gasteiger partial charge >= 0.3 is 5.97 Å². The molecule has 144 valence electrons. The van der Waals surface area contributed by atoms with Gasteiger partial charge in [0.05, 0.1) is 10.2 Å². The minimum atomic E-state index is -0.417. The lowest BCUT2D eigenvalue weighted by molar-refractivity contribution is -0.144. The summed E-state index contributed by atoms with van der Waals surface area (Å²) in [6, 6.07) is 27.9. The Labute approximate surface area is 174 Å². The first kappa shape index (κ1) is 19.1. The van der Waals surface area contributed by atoms with E-state index in [-0.39, 0.29) is 12.6 Å². The van der Waals surface area contributed by atoms with Gasteiger partial charge in [0.25, 0.3) is 0 Å². The van der Waals surface area contributed by atoms with Crippen molar-refractivity contribution in [1.82, 2.24) is 4.98 Å². The van der Waals surface area contributed by atoms with E-state index in [4.69, 9.17) is 9.72 Å². The van der Waals surface area contributed by atoms with Crippen LogP contribution in [0, 0.1) is 0 Å². The molecule has 1 atom stereocenters. The van der Waals surface area contributed by atoms with Gasteiger partial charge in [0, 0.05) is 0 Å². The fraction of sp³-hybridized carbons (Fsp3) is 0.120. The maximum atomic E-state index is 12.9. The third kappa shape index (κ3) is 4.98. The van der Waals surface area contributed by atoms with Crippen molar-refractivity contribution in [3.8, 4) is 0 Å². The predicted octanol–water partition coefficient (Wildman–Crippen LogP) is 5.88. The number of ether oxygens (including phenoxy) is 1. The molecule has 4 aromatic rings. The van der Waals surface area contributed by atoms with E-state index in [0.29, 0.717) is 6.42 Å². The van der Waals surface area contributed by atoms with E-state index < -0.39 is 5.92 Å². The van der Waals surface area contributed by atoms with E-state index in [1.54, 1.807) is 11.3 Å². The maximum absolute atomic E-state index is 12.9. The van der Waals surface area contributed by atoms with Crippen molar-refractivity contribution < 1.29 is 9.53 Å². The predicted molar refractivity (Wildman–Crippen MR) is 119 cm³/mol. The van der Waals surface area contributed by atoms with Gasteiger partial charge in [0.2, 0.25) is 0 Å². The molecule has 0 aliphatic carbocycles. The molecule has 4 rings (SSSR count). The quantitative estimate of drug-likeness (QED) is 0.364. The van der Waals surface area contributed by atoms with Gasteiger partial charge in [-0.1, -0.05) is 78.9 Å². The number of rotatable bonds is 7. The Hall–Kier alpha value is -3.24. The second-order valence-electron chi connectivity index (χ2n) is 6.71. The molecule has 0 aliphatic rings. The van der Waals surface area contributed by atoms with E-state index in [1.807, 2.05) is 97.1 Å². The molecule has 1 aromatic heterocycles. The van der Waals surface area contributed by atoms with Crippen molar-refractivity contribution in [2.75, 3.05) is 6.61 Å². The van der Waals surface area contributed by atoms with Crippen LogP contribution in [0.15, 0.2) is 91.0 Å². The summed E-state index contributed by atoms with van der Waals surface area (Å²) in [7, 11) is 0. The van der Waals surface area contributed by atoms with Gasteiger partial charge in [0.1, 0.15) is 17.5 Å². The molecule has 0 N–H and O–H groups in total. The van der Waals surface area contributed by atoms with Gasteiger partial charge in [-0.2, -0.15) is 0 Å². The Kier molecular flexibility index (Phi) is 6.13. The van der Waals surface area contributed by atoms with E-state index in [2.05, 4.69) is 0 Å². The van der Waals surface area contributed by atoms with Crippen LogP contribution >= 0.6 is 11.3 Å². The molecule has 0 radical (unpaired) electrons. The molecule has 0 spiro atoms. The fourth-order valence-corrected chi connectivity index (χ4v) is 4.20. The van der Waals surface area contributed by atoms with E-state index in [9.17, 15) is 4.79 Å². The summed E-state index contributed by atoms with van der Waals surface area (Å²) in [6.07, 6.45) is 4.39. The van der Waals surface area contributed by atoms with Gasteiger partial charge in [-0.05, 0) is 35.8 Å². The topological polar surface area (TPSA) is 39.2 Å². The number of fused-ring (bicyclic) bond motifs is 1. The second kappa shape index (κ2) is 9.30. The first-order valence-corrected chi connectivity index (χ1v) is 10.4. The highest BCUT2D eigenvalue weighted by Crippen LogP contribution is 2.30. The van der Waals surface area contributed by atoms with Crippen LogP contribution in [0.4, 0.5) is 0 Å². The normalized spacial score (nSPS) is 12.3. The highest BCUT2D eigenvalue weighted by Gasteiger charge is 2.26. The zero-order chi connectivity index (χ0) is 19.9. The lowest BCUT2D eigenvalue weighted by atomic mass is 10.00. The number of carbonyl (C=O) groups excluding carboxylic acids is 1. The van der Waals surface area contributed by atoms with Gasteiger partial charge in [-0.15, -0.1) is 11.3 Å². The largest absolute Gasteiger partial charge is 0.461 e. The number of hydrogen-bond donors (Lipinski definition) is 0. The minimum absolute atomic E-state index is 0.240. The lowest BCUT2D eigenvalue weighted by Gasteiger charge is -2.13. The SMILES string of the molecule is O=C(OC/C=C/c1ccccc1)C(Cc1ccccc1)c1nc2ccccc2s1. The number of benzene rings is 3. The highest BCUT2D eigenvalue weighted by atomic mass is 32.1. The van der Waals surface area contributed by atoms with Gasteiger partial charge in [-0.25, -0.2) is 4.98 Å². The first-order valence-electron chi connectivity index (χ1n) is 9.57. The zero-order valence-electron chi connectivity index (χ0n) is 15.9. The third-order valence-corrected chi connectivity index (χ3v) is 5.76.